The highest BCUT2D eigenvalue weighted by molar-refractivity contribution is 5.89. The van der Waals surface area contributed by atoms with Crippen molar-refractivity contribution in [1.29, 1.82) is 0 Å². The molecule has 0 aliphatic carbocycles. The molecule has 0 fully saturated rings. The molecule has 0 amide bonds. The zero-order valence-corrected chi connectivity index (χ0v) is 12.4. The molecule has 0 heterocycles. The van der Waals surface area contributed by atoms with E-state index in [1.807, 2.05) is 0 Å². The molecule has 0 aromatic rings. The molecule has 0 rings (SSSR count). The summed E-state index contributed by atoms with van der Waals surface area (Å²) in [5, 5.41) is 0. The minimum atomic E-state index is -8.51. The fourth-order valence-corrected chi connectivity index (χ4v) is 1.29. The molecule has 0 aromatic carbocycles. The number of alkyl halides is 15. The molecule has 0 saturated carbocycles. The van der Waals surface area contributed by atoms with Crippen LogP contribution in [0.4, 0.5) is 65.9 Å². The Morgan fingerprint density at radius 3 is 1.11 bits per heavy atom. The summed E-state index contributed by atoms with van der Waals surface area (Å²) in [7, 11) is 0. The third-order valence-corrected chi connectivity index (χ3v) is 2.82. The van der Waals surface area contributed by atoms with Gasteiger partial charge in [0.15, 0.2) is 0 Å². The standard InChI is InChI=1S/C10H3F15O3/c1-2(26)28-3(27)4(11,12)5(13,14)6(15,16)7(17,18)8(19,20)9(21,22)10(23,24)25/h1H3. The average Bonchev–Trinajstić information content (AvgIpc) is 2.43. The predicted molar refractivity (Wildman–Crippen MR) is 52.5 cm³/mol. The quantitative estimate of drug-likeness (QED) is 0.337. The van der Waals surface area contributed by atoms with Crippen LogP contribution in [-0.2, 0) is 14.3 Å². The van der Waals surface area contributed by atoms with Crippen molar-refractivity contribution in [3.63, 3.8) is 0 Å². The highest BCUT2D eigenvalue weighted by Gasteiger charge is 2.94. The highest BCUT2D eigenvalue weighted by Crippen LogP contribution is 2.62. The normalized spacial score (nSPS) is 15.4. The molecular weight excluding hydrogens is 453 g/mol. The van der Waals surface area contributed by atoms with Gasteiger partial charge in [0.05, 0.1) is 0 Å². The summed E-state index contributed by atoms with van der Waals surface area (Å²) in [4.78, 5) is 20.7. The Bertz CT molecular complexity index is 632. The Hall–Kier alpha value is -1.91. The van der Waals surface area contributed by atoms with Crippen molar-refractivity contribution in [2.24, 2.45) is 0 Å². The molecule has 0 aromatic heterocycles. The van der Waals surface area contributed by atoms with Crippen LogP contribution in [0.5, 0.6) is 0 Å². The van der Waals surface area contributed by atoms with Gasteiger partial charge in [-0.25, -0.2) is 4.79 Å². The first-order valence-electron chi connectivity index (χ1n) is 5.90. The van der Waals surface area contributed by atoms with Gasteiger partial charge in [-0.05, 0) is 0 Å². The number of carbonyl (C=O) groups excluding carboxylic acids is 2. The molecule has 0 atom stereocenters. The van der Waals surface area contributed by atoms with Crippen LogP contribution in [0.3, 0.4) is 0 Å². The Balaban J connectivity index is 6.55. The Morgan fingerprint density at radius 2 is 0.821 bits per heavy atom. The van der Waals surface area contributed by atoms with E-state index in [1.54, 1.807) is 0 Å². The van der Waals surface area contributed by atoms with Gasteiger partial charge in [-0.15, -0.1) is 0 Å². The van der Waals surface area contributed by atoms with Crippen LogP contribution in [0.25, 0.3) is 0 Å². The predicted octanol–water partition coefficient (Wildman–Crippen LogP) is 4.45. The van der Waals surface area contributed by atoms with Crippen molar-refractivity contribution in [1.82, 2.24) is 0 Å². The molecule has 0 aliphatic heterocycles. The van der Waals surface area contributed by atoms with Crippen LogP contribution in [0.1, 0.15) is 6.92 Å². The van der Waals surface area contributed by atoms with Crippen LogP contribution < -0.4 is 0 Å². The van der Waals surface area contributed by atoms with Crippen LogP contribution in [0.2, 0.25) is 0 Å². The lowest BCUT2D eigenvalue weighted by molar-refractivity contribution is -0.450. The van der Waals surface area contributed by atoms with Gasteiger partial charge in [0.2, 0.25) is 0 Å². The van der Waals surface area contributed by atoms with E-state index >= 15 is 0 Å². The second-order valence-electron chi connectivity index (χ2n) is 4.83. The summed E-state index contributed by atoms with van der Waals surface area (Å²) in [6.45, 7) is 0.0247. The van der Waals surface area contributed by atoms with E-state index in [-0.39, 0.29) is 6.92 Å². The van der Waals surface area contributed by atoms with E-state index in [0.717, 1.165) is 0 Å². The number of rotatable bonds is 6. The Kier molecular flexibility index (Phi) is 6.12. The largest absolute Gasteiger partial charge is 0.460 e. The second-order valence-corrected chi connectivity index (χ2v) is 4.83. The smallest absolute Gasteiger partial charge is 0.389 e. The molecule has 0 aliphatic rings. The third-order valence-electron chi connectivity index (χ3n) is 2.82. The van der Waals surface area contributed by atoms with Crippen molar-refractivity contribution >= 4 is 11.9 Å². The number of carbonyl (C=O) groups is 2. The maximum Gasteiger partial charge on any atom is 0.460 e. The maximum atomic E-state index is 13.1. The molecule has 0 bridgehead atoms. The SMILES string of the molecule is CC(=O)OC(=O)C(F)(F)C(F)(F)C(F)(F)C(F)(F)C(F)(F)C(F)(F)C(F)(F)F. The monoisotopic (exact) mass is 456 g/mol. The van der Waals surface area contributed by atoms with Gasteiger partial charge >= 0.3 is 53.7 Å². The van der Waals surface area contributed by atoms with Crippen LogP contribution in [0.15, 0.2) is 0 Å². The summed E-state index contributed by atoms with van der Waals surface area (Å²) in [5.41, 5.74) is 0. The lowest BCUT2D eigenvalue weighted by atomic mass is 9.91. The van der Waals surface area contributed by atoms with Crippen molar-refractivity contribution in [2.75, 3.05) is 0 Å². The first kappa shape index (κ1) is 26.1. The minimum absolute atomic E-state index is 0.0247. The van der Waals surface area contributed by atoms with Crippen molar-refractivity contribution < 1.29 is 80.2 Å². The molecule has 3 nitrogen and oxygen atoms in total. The molecule has 166 valence electrons. The molecule has 0 saturated heterocycles. The minimum Gasteiger partial charge on any atom is -0.389 e. The fourth-order valence-electron chi connectivity index (χ4n) is 1.29. The number of esters is 2. The molecule has 0 N–H and O–H groups in total. The fraction of sp³-hybridized carbons (Fsp3) is 0.800. The van der Waals surface area contributed by atoms with E-state index in [4.69, 9.17) is 0 Å². The summed E-state index contributed by atoms with van der Waals surface area (Å²) in [5.74, 6) is -55.0. The van der Waals surface area contributed by atoms with Gasteiger partial charge < -0.3 is 4.74 Å². The zero-order chi connectivity index (χ0) is 23.4. The van der Waals surface area contributed by atoms with Crippen LogP contribution in [-0.4, -0.2) is 53.7 Å². The number of halogens is 15. The number of hydrogen-bond donors (Lipinski definition) is 0. The van der Waals surface area contributed by atoms with Crippen molar-refractivity contribution in [3.05, 3.63) is 0 Å². The summed E-state index contributed by atoms with van der Waals surface area (Å²) in [6.07, 6.45) is -7.72. The van der Waals surface area contributed by atoms with E-state index in [2.05, 4.69) is 4.74 Å². The first-order chi connectivity index (χ1) is 11.8. The highest BCUT2D eigenvalue weighted by atomic mass is 19.4. The molecule has 0 unspecified atom stereocenters. The molecular formula is C10H3F15O3. The molecule has 0 spiro atoms. The summed E-state index contributed by atoms with van der Waals surface area (Å²) >= 11 is 0. The first-order valence-corrected chi connectivity index (χ1v) is 5.90. The topological polar surface area (TPSA) is 43.4 Å². The molecule has 28 heavy (non-hydrogen) atoms. The van der Waals surface area contributed by atoms with Crippen LogP contribution in [0, 0.1) is 0 Å². The van der Waals surface area contributed by atoms with E-state index in [0.29, 0.717) is 0 Å². The Labute approximate surface area is 142 Å². The summed E-state index contributed by atoms with van der Waals surface area (Å²) in [6, 6.07) is 0. The van der Waals surface area contributed by atoms with E-state index < -0.39 is 53.7 Å². The van der Waals surface area contributed by atoms with Crippen molar-refractivity contribution in [2.45, 2.75) is 48.6 Å². The second kappa shape index (κ2) is 6.57. The van der Waals surface area contributed by atoms with Gasteiger partial charge in [-0.3, -0.25) is 4.79 Å². The third kappa shape index (κ3) is 3.33. The lowest BCUT2D eigenvalue weighted by Gasteiger charge is -2.40. The van der Waals surface area contributed by atoms with E-state index in [9.17, 15) is 75.4 Å². The zero-order valence-electron chi connectivity index (χ0n) is 12.4. The van der Waals surface area contributed by atoms with Gasteiger partial charge in [0, 0.05) is 6.92 Å². The molecule has 18 heteroatoms. The van der Waals surface area contributed by atoms with Crippen molar-refractivity contribution in [3.8, 4) is 0 Å². The molecule has 0 radical (unpaired) electrons. The van der Waals surface area contributed by atoms with Gasteiger partial charge in [-0.1, -0.05) is 0 Å². The van der Waals surface area contributed by atoms with Crippen LogP contribution >= 0.6 is 0 Å². The van der Waals surface area contributed by atoms with Gasteiger partial charge in [-0.2, -0.15) is 65.9 Å². The number of hydrogen-bond acceptors (Lipinski definition) is 3. The average molecular weight is 456 g/mol. The Morgan fingerprint density at radius 1 is 0.536 bits per heavy atom. The van der Waals surface area contributed by atoms with E-state index in [1.165, 1.54) is 0 Å². The van der Waals surface area contributed by atoms with Gasteiger partial charge in [0.1, 0.15) is 0 Å². The maximum absolute atomic E-state index is 13.1. The van der Waals surface area contributed by atoms with Gasteiger partial charge in [0.25, 0.3) is 0 Å². The lowest BCUT2D eigenvalue weighted by Crippen LogP contribution is -2.73. The number of ether oxygens (including phenoxy) is 1. The summed E-state index contributed by atoms with van der Waals surface area (Å²) < 4.78 is 194.